The highest BCUT2D eigenvalue weighted by Crippen LogP contribution is 2.22. The Morgan fingerprint density at radius 3 is 2.67 bits per heavy atom. The Hall–Kier alpha value is -1.42. The zero-order valence-corrected chi connectivity index (χ0v) is 11.1. The van der Waals surface area contributed by atoms with E-state index in [1.165, 1.54) is 0 Å². The monoisotopic (exact) mass is 248 g/mol. The predicted octanol–water partition coefficient (Wildman–Crippen LogP) is 1.66. The highest BCUT2D eigenvalue weighted by atomic mass is 16.3. The molecule has 0 aliphatic carbocycles. The Balaban J connectivity index is 2.04. The molecule has 0 spiro atoms. The topological polar surface area (TPSA) is 53.4 Å². The molecule has 2 heterocycles. The van der Waals surface area contributed by atoms with Gasteiger partial charge < -0.3 is 10.0 Å². The van der Waals surface area contributed by atoms with E-state index in [-0.39, 0.29) is 17.9 Å². The number of carbonyl (C=O) groups is 1. The van der Waals surface area contributed by atoms with Gasteiger partial charge in [-0.1, -0.05) is 13.8 Å². The van der Waals surface area contributed by atoms with Crippen molar-refractivity contribution in [2.24, 2.45) is 5.92 Å². The van der Waals surface area contributed by atoms with Gasteiger partial charge in [0.2, 0.25) is 0 Å². The Kier molecular flexibility index (Phi) is 3.66. The number of rotatable bonds is 3. The van der Waals surface area contributed by atoms with Crippen molar-refractivity contribution in [1.29, 1.82) is 0 Å². The molecule has 2 rings (SSSR count). The summed E-state index contributed by atoms with van der Waals surface area (Å²) in [6, 6.07) is 3.62. The van der Waals surface area contributed by atoms with Crippen molar-refractivity contribution < 1.29 is 9.90 Å². The highest BCUT2D eigenvalue weighted by Gasteiger charge is 2.33. The molecule has 1 fully saturated rings. The lowest BCUT2D eigenvalue weighted by Gasteiger charge is -2.40. The van der Waals surface area contributed by atoms with E-state index in [9.17, 15) is 9.90 Å². The molecule has 1 N–H and O–H groups in total. The fraction of sp³-hybridized carbons (Fsp3) is 0.571. The maximum absolute atomic E-state index is 12.2. The molecular formula is C14H20N2O2. The van der Waals surface area contributed by atoms with Gasteiger partial charge in [-0.25, -0.2) is 0 Å². The summed E-state index contributed by atoms with van der Waals surface area (Å²) >= 11 is 0. The minimum Gasteiger partial charge on any atom is -0.393 e. The first-order chi connectivity index (χ1) is 8.49. The number of hydrogen-bond acceptors (Lipinski definition) is 3. The minimum atomic E-state index is -0.335. The van der Waals surface area contributed by atoms with Gasteiger partial charge in [-0.05, 0) is 25.0 Å². The molecule has 1 aromatic heterocycles. The summed E-state index contributed by atoms with van der Waals surface area (Å²) in [5, 5.41) is 9.41. The molecule has 0 bridgehead atoms. The van der Waals surface area contributed by atoms with E-state index in [1.54, 1.807) is 24.1 Å². The second kappa shape index (κ2) is 5.06. The summed E-state index contributed by atoms with van der Waals surface area (Å²) in [6.07, 6.45) is 1.35. The molecule has 18 heavy (non-hydrogen) atoms. The fourth-order valence-corrected chi connectivity index (χ4v) is 2.06. The third-order valence-corrected chi connectivity index (χ3v) is 3.50. The first kappa shape index (κ1) is 13.0. The zero-order chi connectivity index (χ0) is 13.3. The summed E-state index contributed by atoms with van der Waals surface area (Å²) in [7, 11) is 0. The van der Waals surface area contributed by atoms with E-state index in [4.69, 9.17) is 0 Å². The third kappa shape index (κ3) is 2.53. The van der Waals surface area contributed by atoms with Crippen LogP contribution in [0.4, 0.5) is 0 Å². The van der Waals surface area contributed by atoms with Crippen LogP contribution < -0.4 is 0 Å². The number of aromatic nitrogens is 1. The Morgan fingerprint density at radius 2 is 2.11 bits per heavy atom. The molecule has 4 heteroatoms. The highest BCUT2D eigenvalue weighted by molar-refractivity contribution is 5.94. The van der Waals surface area contributed by atoms with Crippen molar-refractivity contribution in [3.63, 3.8) is 0 Å². The predicted molar refractivity (Wildman–Crippen MR) is 69.4 cm³/mol. The molecule has 1 amide bonds. The minimum absolute atomic E-state index is 0.0381. The molecule has 0 aromatic carbocycles. The Morgan fingerprint density at radius 1 is 1.44 bits per heavy atom. The number of aliphatic hydroxyl groups is 1. The standard InChI is InChI=1S/C14H20N2O2/c1-9(2)13-6-11(4-5-15-13)14(18)16-7-12(8-16)10(3)17/h4-6,9-10,12,17H,7-8H2,1-3H3. The van der Waals surface area contributed by atoms with Crippen LogP contribution in [0.3, 0.4) is 0 Å². The number of aliphatic hydroxyl groups excluding tert-OH is 1. The number of pyridine rings is 1. The molecule has 1 aliphatic heterocycles. The molecule has 4 nitrogen and oxygen atoms in total. The van der Waals surface area contributed by atoms with E-state index in [1.807, 2.05) is 6.07 Å². The van der Waals surface area contributed by atoms with Gasteiger partial charge in [0.05, 0.1) is 6.10 Å². The fourth-order valence-electron chi connectivity index (χ4n) is 2.06. The second-order valence-electron chi connectivity index (χ2n) is 5.33. The smallest absolute Gasteiger partial charge is 0.253 e. The summed E-state index contributed by atoms with van der Waals surface area (Å²) in [4.78, 5) is 18.2. The van der Waals surface area contributed by atoms with E-state index in [0.717, 1.165) is 5.69 Å². The number of hydrogen-bond donors (Lipinski definition) is 1. The molecule has 98 valence electrons. The van der Waals surface area contributed by atoms with Crippen molar-refractivity contribution in [2.45, 2.75) is 32.8 Å². The van der Waals surface area contributed by atoms with Crippen molar-refractivity contribution in [1.82, 2.24) is 9.88 Å². The molecule has 1 aromatic rings. The van der Waals surface area contributed by atoms with Crippen LogP contribution in [0.1, 0.15) is 42.7 Å². The average Bonchev–Trinajstić information content (AvgIpc) is 2.26. The number of nitrogens with zero attached hydrogens (tertiary/aromatic N) is 2. The van der Waals surface area contributed by atoms with Gasteiger partial charge in [-0.3, -0.25) is 9.78 Å². The first-order valence-electron chi connectivity index (χ1n) is 6.42. The lowest BCUT2D eigenvalue weighted by Crippen LogP contribution is -2.53. The van der Waals surface area contributed by atoms with Crippen LogP contribution in [0.5, 0.6) is 0 Å². The molecular weight excluding hydrogens is 228 g/mol. The van der Waals surface area contributed by atoms with Gasteiger partial charge in [0.1, 0.15) is 0 Å². The van der Waals surface area contributed by atoms with Gasteiger partial charge in [0.25, 0.3) is 5.91 Å². The van der Waals surface area contributed by atoms with Gasteiger partial charge in [-0.15, -0.1) is 0 Å². The van der Waals surface area contributed by atoms with Crippen molar-refractivity contribution in [3.05, 3.63) is 29.6 Å². The number of carbonyl (C=O) groups excluding carboxylic acids is 1. The second-order valence-corrected chi connectivity index (χ2v) is 5.33. The Bertz CT molecular complexity index is 437. The van der Waals surface area contributed by atoms with Crippen molar-refractivity contribution in [2.75, 3.05) is 13.1 Å². The molecule has 0 radical (unpaired) electrons. The van der Waals surface area contributed by atoms with Crippen LogP contribution in [-0.2, 0) is 0 Å². The summed E-state index contributed by atoms with van der Waals surface area (Å²) in [5.41, 5.74) is 1.63. The van der Waals surface area contributed by atoms with Gasteiger partial charge in [-0.2, -0.15) is 0 Å². The Labute approximate surface area is 108 Å². The van der Waals surface area contributed by atoms with E-state index >= 15 is 0 Å². The first-order valence-corrected chi connectivity index (χ1v) is 6.42. The average molecular weight is 248 g/mol. The van der Waals surface area contributed by atoms with Crippen LogP contribution in [0.15, 0.2) is 18.3 Å². The summed E-state index contributed by atoms with van der Waals surface area (Å²) in [5.74, 6) is 0.580. The van der Waals surface area contributed by atoms with Crippen LogP contribution in [0.25, 0.3) is 0 Å². The van der Waals surface area contributed by atoms with Crippen LogP contribution >= 0.6 is 0 Å². The van der Waals surface area contributed by atoms with Crippen LogP contribution in [0.2, 0.25) is 0 Å². The van der Waals surface area contributed by atoms with E-state index in [2.05, 4.69) is 18.8 Å². The number of likely N-dealkylation sites (tertiary alicyclic amines) is 1. The van der Waals surface area contributed by atoms with E-state index < -0.39 is 0 Å². The van der Waals surface area contributed by atoms with E-state index in [0.29, 0.717) is 24.6 Å². The molecule has 1 aliphatic rings. The lowest BCUT2D eigenvalue weighted by atomic mass is 9.94. The summed E-state index contributed by atoms with van der Waals surface area (Å²) < 4.78 is 0. The van der Waals surface area contributed by atoms with Gasteiger partial charge in [0, 0.05) is 36.5 Å². The molecule has 1 unspecified atom stereocenters. The zero-order valence-electron chi connectivity index (χ0n) is 11.1. The van der Waals surface area contributed by atoms with Crippen LogP contribution in [0, 0.1) is 5.92 Å². The van der Waals surface area contributed by atoms with Crippen molar-refractivity contribution >= 4 is 5.91 Å². The van der Waals surface area contributed by atoms with Crippen LogP contribution in [-0.4, -0.2) is 40.1 Å². The SMILES string of the molecule is CC(C)c1cc(C(=O)N2CC(C(C)O)C2)ccn1. The molecule has 1 atom stereocenters. The lowest BCUT2D eigenvalue weighted by molar-refractivity contribution is 0.00881. The molecule has 1 saturated heterocycles. The summed E-state index contributed by atoms with van der Waals surface area (Å²) in [6.45, 7) is 7.19. The quantitative estimate of drug-likeness (QED) is 0.885. The third-order valence-electron chi connectivity index (χ3n) is 3.50. The van der Waals surface area contributed by atoms with Gasteiger partial charge in [0.15, 0.2) is 0 Å². The van der Waals surface area contributed by atoms with Gasteiger partial charge >= 0.3 is 0 Å². The maximum Gasteiger partial charge on any atom is 0.253 e. The maximum atomic E-state index is 12.2. The largest absolute Gasteiger partial charge is 0.393 e. The normalized spacial score (nSPS) is 17.7. The van der Waals surface area contributed by atoms with Crippen molar-refractivity contribution in [3.8, 4) is 0 Å². The number of amides is 1. The molecule has 0 saturated carbocycles.